The normalized spacial score (nSPS) is 18.1. The van der Waals surface area contributed by atoms with Crippen molar-refractivity contribution in [1.29, 1.82) is 0 Å². The summed E-state index contributed by atoms with van der Waals surface area (Å²) in [6.45, 7) is 0.187. The lowest BCUT2D eigenvalue weighted by Crippen LogP contribution is -2.34. The van der Waals surface area contributed by atoms with Gasteiger partial charge in [0.2, 0.25) is 5.76 Å². The van der Waals surface area contributed by atoms with Crippen molar-refractivity contribution in [2.75, 3.05) is 13.7 Å². The fourth-order valence-electron chi connectivity index (χ4n) is 2.10. The highest BCUT2D eigenvalue weighted by atomic mass is 16.6. The number of aliphatic hydroxyl groups is 1. The molecule has 0 aliphatic carbocycles. The van der Waals surface area contributed by atoms with E-state index in [2.05, 4.69) is 4.74 Å². The first-order valence-electron chi connectivity index (χ1n) is 6.43. The highest BCUT2D eigenvalue weighted by molar-refractivity contribution is 5.86. The third kappa shape index (κ3) is 2.57. The molecule has 0 radical (unpaired) electrons. The van der Waals surface area contributed by atoms with Crippen LogP contribution in [0.4, 0.5) is 0 Å². The second-order valence-electron chi connectivity index (χ2n) is 4.55. The fourth-order valence-corrected chi connectivity index (χ4v) is 2.10. The van der Waals surface area contributed by atoms with Crippen molar-refractivity contribution in [1.82, 2.24) is 0 Å². The Morgan fingerprint density at radius 1 is 1.29 bits per heavy atom. The topological polar surface area (TPSA) is 78.1 Å². The zero-order valence-corrected chi connectivity index (χ0v) is 11.3. The summed E-state index contributed by atoms with van der Waals surface area (Å²) < 4.78 is 21.1. The van der Waals surface area contributed by atoms with Crippen LogP contribution in [-0.4, -0.2) is 30.9 Å². The molecule has 0 amide bonds. The van der Waals surface area contributed by atoms with Gasteiger partial charge >= 0.3 is 5.97 Å². The average Bonchev–Trinajstić information content (AvgIpc) is 3.03. The van der Waals surface area contributed by atoms with Gasteiger partial charge in [0.05, 0.1) is 7.11 Å². The van der Waals surface area contributed by atoms with E-state index in [-0.39, 0.29) is 18.1 Å². The number of ether oxygens (including phenoxy) is 3. The van der Waals surface area contributed by atoms with Gasteiger partial charge in [-0.15, -0.1) is 0 Å². The van der Waals surface area contributed by atoms with E-state index in [1.807, 2.05) is 12.1 Å². The summed E-state index contributed by atoms with van der Waals surface area (Å²) in [5, 5.41) is 10.3. The molecule has 0 spiro atoms. The molecule has 6 heteroatoms. The monoisotopic (exact) mass is 290 g/mol. The molecule has 1 aromatic carbocycles. The second kappa shape index (κ2) is 5.49. The number of para-hydroxylation sites is 2. The van der Waals surface area contributed by atoms with Gasteiger partial charge in [-0.1, -0.05) is 12.1 Å². The van der Waals surface area contributed by atoms with Crippen molar-refractivity contribution in [3.63, 3.8) is 0 Å². The molecular weight excluding hydrogens is 276 g/mol. The molecule has 3 rings (SSSR count). The van der Waals surface area contributed by atoms with Gasteiger partial charge in [-0.25, -0.2) is 4.79 Å². The SMILES string of the molecule is COC(=O)c1ccc(C(O)C2COc3ccccc3O2)o1. The molecule has 0 bridgehead atoms. The lowest BCUT2D eigenvalue weighted by atomic mass is 10.1. The summed E-state index contributed by atoms with van der Waals surface area (Å²) in [6, 6.07) is 10.2. The van der Waals surface area contributed by atoms with E-state index in [0.29, 0.717) is 11.5 Å². The van der Waals surface area contributed by atoms with E-state index in [9.17, 15) is 9.90 Å². The average molecular weight is 290 g/mol. The minimum absolute atomic E-state index is 0.0312. The number of carbonyl (C=O) groups excluding carboxylic acids is 1. The van der Waals surface area contributed by atoms with Crippen molar-refractivity contribution >= 4 is 5.97 Å². The summed E-state index contributed by atoms with van der Waals surface area (Å²) in [5.74, 6) is 0.856. The zero-order valence-electron chi connectivity index (χ0n) is 11.3. The minimum Gasteiger partial charge on any atom is -0.486 e. The minimum atomic E-state index is -1.04. The second-order valence-corrected chi connectivity index (χ2v) is 4.55. The number of hydrogen-bond acceptors (Lipinski definition) is 6. The van der Waals surface area contributed by atoms with E-state index in [1.165, 1.54) is 19.2 Å². The van der Waals surface area contributed by atoms with Crippen LogP contribution in [0.1, 0.15) is 22.4 Å². The molecular formula is C15H14O6. The first-order valence-corrected chi connectivity index (χ1v) is 6.43. The smallest absolute Gasteiger partial charge is 0.373 e. The molecule has 2 aromatic rings. The molecule has 2 heterocycles. The maximum absolute atomic E-state index is 11.3. The van der Waals surface area contributed by atoms with Crippen LogP contribution in [0.25, 0.3) is 0 Å². The van der Waals surface area contributed by atoms with Crippen LogP contribution >= 0.6 is 0 Å². The van der Waals surface area contributed by atoms with Crippen LogP contribution in [0.5, 0.6) is 11.5 Å². The van der Waals surface area contributed by atoms with Crippen LogP contribution in [0.15, 0.2) is 40.8 Å². The predicted molar refractivity (Wildman–Crippen MR) is 71.4 cm³/mol. The van der Waals surface area contributed by atoms with E-state index in [0.717, 1.165) is 0 Å². The molecule has 1 aliphatic rings. The van der Waals surface area contributed by atoms with Crippen molar-refractivity contribution in [3.8, 4) is 11.5 Å². The first kappa shape index (κ1) is 13.5. The maximum Gasteiger partial charge on any atom is 0.373 e. The fraction of sp³-hybridized carbons (Fsp3) is 0.267. The molecule has 1 aliphatic heterocycles. The zero-order chi connectivity index (χ0) is 14.8. The number of methoxy groups -OCH3 is 1. The number of furan rings is 1. The summed E-state index contributed by atoms with van der Waals surface area (Å²) >= 11 is 0. The Kier molecular flexibility index (Phi) is 3.53. The molecule has 0 saturated heterocycles. The van der Waals surface area contributed by atoms with Gasteiger partial charge in [0.15, 0.2) is 23.7 Å². The molecule has 0 fully saturated rings. The third-order valence-electron chi connectivity index (χ3n) is 3.19. The van der Waals surface area contributed by atoms with Crippen molar-refractivity contribution in [2.45, 2.75) is 12.2 Å². The molecule has 110 valence electrons. The summed E-state index contributed by atoms with van der Waals surface area (Å²) in [5.41, 5.74) is 0. The molecule has 1 aromatic heterocycles. The van der Waals surface area contributed by atoms with Crippen LogP contribution < -0.4 is 9.47 Å². The summed E-state index contributed by atoms with van der Waals surface area (Å²) in [7, 11) is 1.26. The van der Waals surface area contributed by atoms with Crippen LogP contribution in [-0.2, 0) is 4.74 Å². The molecule has 6 nitrogen and oxygen atoms in total. The van der Waals surface area contributed by atoms with Gasteiger partial charge in [-0.2, -0.15) is 0 Å². The number of carbonyl (C=O) groups is 1. The van der Waals surface area contributed by atoms with E-state index in [4.69, 9.17) is 13.9 Å². The Hall–Kier alpha value is -2.47. The predicted octanol–water partition coefficient (Wildman–Crippen LogP) is 1.94. The number of aliphatic hydroxyl groups excluding tert-OH is 1. The molecule has 0 saturated carbocycles. The number of rotatable bonds is 3. The summed E-state index contributed by atoms with van der Waals surface area (Å²) in [4.78, 5) is 11.3. The molecule has 21 heavy (non-hydrogen) atoms. The first-order chi connectivity index (χ1) is 10.2. The third-order valence-corrected chi connectivity index (χ3v) is 3.19. The van der Waals surface area contributed by atoms with Crippen LogP contribution in [0.2, 0.25) is 0 Å². The van der Waals surface area contributed by atoms with Crippen molar-refractivity contribution < 1.29 is 28.5 Å². The molecule has 1 N–H and O–H groups in total. The van der Waals surface area contributed by atoms with E-state index < -0.39 is 18.2 Å². The van der Waals surface area contributed by atoms with Gasteiger partial charge < -0.3 is 23.7 Å². The van der Waals surface area contributed by atoms with Gasteiger partial charge in [0.25, 0.3) is 0 Å². The number of esters is 1. The highest BCUT2D eigenvalue weighted by Gasteiger charge is 2.31. The number of hydrogen-bond donors (Lipinski definition) is 1. The van der Waals surface area contributed by atoms with Gasteiger partial charge in [-0.05, 0) is 24.3 Å². The van der Waals surface area contributed by atoms with Gasteiger partial charge in [0, 0.05) is 0 Å². The molecule has 2 atom stereocenters. The van der Waals surface area contributed by atoms with Gasteiger partial charge in [-0.3, -0.25) is 0 Å². The molecule has 2 unspecified atom stereocenters. The van der Waals surface area contributed by atoms with Crippen LogP contribution in [0, 0.1) is 0 Å². The Morgan fingerprint density at radius 3 is 2.81 bits per heavy atom. The van der Waals surface area contributed by atoms with E-state index in [1.54, 1.807) is 12.1 Å². The quantitative estimate of drug-likeness (QED) is 0.870. The lowest BCUT2D eigenvalue weighted by Gasteiger charge is -2.28. The van der Waals surface area contributed by atoms with Gasteiger partial charge in [0.1, 0.15) is 12.4 Å². The van der Waals surface area contributed by atoms with Crippen molar-refractivity contribution in [3.05, 3.63) is 47.9 Å². The Balaban J connectivity index is 1.76. The maximum atomic E-state index is 11.3. The van der Waals surface area contributed by atoms with Crippen molar-refractivity contribution in [2.24, 2.45) is 0 Å². The lowest BCUT2D eigenvalue weighted by molar-refractivity contribution is -0.0215. The number of fused-ring (bicyclic) bond motifs is 1. The highest BCUT2D eigenvalue weighted by Crippen LogP contribution is 2.34. The largest absolute Gasteiger partial charge is 0.486 e. The summed E-state index contributed by atoms with van der Waals surface area (Å²) in [6.07, 6.45) is -1.66. The Morgan fingerprint density at radius 2 is 2.05 bits per heavy atom. The van der Waals surface area contributed by atoms with Crippen LogP contribution in [0.3, 0.4) is 0 Å². The Bertz CT molecular complexity index is 647. The number of benzene rings is 1. The standard InChI is InChI=1S/C15H14O6/c1-18-15(17)12-7-6-11(21-12)14(16)13-8-19-9-4-2-3-5-10(9)20-13/h2-7,13-14,16H,8H2,1H3. The Labute approximate surface area is 120 Å². The van der Waals surface area contributed by atoms with E-state index >= 15 is 0 Å².